The molecule has 1 aromatic rings. The van der Waals surface area contributed by atoms with Crippen LogP contribution in [0.3, 0.4) is 0 Å². The molecule has 2 amide bonds. The van der Waals surface area contributed by atoms with E-state index in [0.717, 1.165) is 4.90 Å². The highest BCUT2D eigenvalue weighted by molar-refractivity contribution is 5.88. The van der Waals surface area contributed by atoms with Crippen LogP contribution >= 0.6 is 0 Å². The number of carbonyl (C=O) groups is 3. The first-order chi connectivity index (χ1) is 13.3. The molecule has 2 N–H and O–H groups in total. The average molecular weight is 409 g/mol. The number of carboxylic acid groups (broad SMARTS) is 1. The van der Waals surface area contributed by atoms with Gasteiger partial charge in [0.15, 0.2) is 0 Å². The summed E-state index contributed by atoms with van der Waals surface area (Å²) in [4.78, 5) is 44.6. The number of carbonyl (C=O) groups excluding carboxylic acids is 2. The van der Waals surface area contributed by atoms with E-state index in [1.165, 1.54) is 12.5 Å². The van der Waals surface area contributed by atoms with E-state index in [1.54, 1.807) is 41.5 Å². The van der Waals surface area contributed by atoms with Crippen molar-refractivity contribution in [3.63, 3.8) is 0 Å². The van der Waals surface area contributed by atoms with Crippen molar-refractivity contribution in [2.75, 3.05) is 6.54 Å². The quantitative estimate of drug-likeness (QED) is 0.734. The Kier molecular flexibility index (Phi) is 6.30. The van der Waals surface area contributed by atoms with E-state index in [1.807, 2.05) is 0 Å². The van der Waals surface area contributed by atoms with Crippen LogP contribution in [-0.4, -0.2) is 55.9 Å². The minimum atomic E-state index is -0.973. The fourth-order valence-corrected chi connectivity index (χ4v) is 3.27. The molecule has 1 saturated carbocycles. The Morgan fingerprint density at radius 2 is 1.72 bits per heavy atom. The lowest BCUT2D eigenvalue weighted by atomic mass is 9.98. The number of aliphatic carboxylic acids is 1. The fraction of sp³-hybridized carbons (Fsp3) is 0.700. The number of hydrogen-bond donors (Lipinski definition) is 2. The maximum Gasteiger partial charge on any atom is 0.419 e. The number of nitrogens with zero attached hydrogens (tertiary/aromatic N) is 2. The lowest BCUT2D eigenvalue weighted by Gasteiger charge is -2.28. The minimum Gasteiger partial charge on any atom is -0.481 e. The molecule has 0 aromatic carbocycles. The molecule has 1 aliphatic rings. The monoisotopic (exact) mass is 409 g/mol. The van der Waals surface area contributed by atoms with Crippen molar-refractivity contribution in [1.82, 2.24) is 14.9 Å². The third-order valence-corrected chi connectivity index (χ3v) is 4.63. The van der Waals surface area contributed by atoms with E-state index in [4.69, 9.17) is 9.47 Å². The highest BCUT2D eigenvalue weighted by Gasteiger charge is 2.62. The van der Waals surface area contributed by atoms with Crippen LogP contribution in [0.15, 0.2) is 12.5 Å². The first kappa shape index (κ1) is 22.7. The number of rotatable bonds is 6. The number of carboxylic acids is 1. The number of imide groups is 1. The van der Waals surface area contributed by atoms with Crippen molar-refractivity contribution in [2.45, 2.75) is 77.4 Å². The third kappa shape index (κ3) is 5.71. The molecule has 1 heterocycles. The molecule has 2 rings (SSSR count). The first-order valence-corrected chi connectivity index (χ1v) is 9.72. The second kappa shape index (κ2) is 8.04. The largest absolute Gasteiger partial charge is 0.481 e. The van der Waals surface area contributed by atoms with Crippen LogP contribution in [-0.2, 0) is 19.7 Å². The Morgan fingerprint density at radius 3 is 2.14 bits per heavy atom. The second-order valence-electron chi connectivity index (χ2n) is 9.40. The predicted molar refractivity (Wildman–Crippen MR) is 104 cm³/mol. The van der Waals surface area contributed by atoms with E-state index in [-0.39, 0.29) is 12.5 Å². The molecular weight excluding hydrogens is 378 g/mol. The van der Waals surface area contributed by atoms with Crippen molar-refractivity contribution in [3.8, 4) is 0 Å². The molecule has 162 valence electrons. The maximum absolute atomic E-state index is 12.5. The van der Waals surface area contributed by atoms with Gasteiger partial charge in [0, 0.05) is 12.7 Å². The topological polar surface area (TPSA) is 122 Å². The summed E-state index contributed by atoms with van der Waals surface area (Å²) in [6.07, 6.45) is 2.90. The summed E-state index contributed by atoms with van der Waals surface area (Å²) in [7, 11) is 0. The highest BCUT2D eigenvalue weighted by atomic mass is 16.6. The van der Waals surface area contributed by atoms with E-state index < -0.39 is 34.8 Å². The van der Waals surface area contributed by atoms with Crippen LogP contribution in [0.2, 0.25) is 0 Å². The summed E-state index contributed by atoms with van der Waals surface area (Å²) in [6, 6.07) is 0. The number of ether oxygens (including phenoxy) is 2. The molecule has 29 heavy (non-hydrogen) atoms. The zero-order chi connectivity index (χ0) is 22.0. The molecule has 9 heteroatoms. The second-order valence-corrected chi connectivity index (χ2v) is 9.40. The molecular formula is C20H31N3O6. The standard InChI is InChI=1S/C20H31N3O6/c1-18(2,3)28-16(26)23(17(27)29-19(4,5)6)9-7-8-13-10-20(13,15(24)25)14-11-21-12-22-14/h11-13H,7-10H2,1-6H3,(H,21,22)(H,24,25). The van der Waals surface area contributed by atoms with Crippen LogP contribution in [0.25, 0.3) is 0 Å². The number of hydrogen-bond acceptors (Lipinski definition) is 6. The van der Waals surface area contributed by atoms with Crippen LogP contribution < -0.4 is 0 Å². The number of aromatic nitrogens is 2. The number of amides is 2. The van der Waals surface area contributed by atoms with Gasteiger partial charge in [-0.25, -0.2) is 19.5 Å². The van der Waals surface area contributed by atoms with E-state index in [0.29, 0.717) is 25.0 Å². The predicted octanol–water partition coefficient (Wildman–Crippen LogP) is 3.70. The molecule has 0 spiro atoms. The molecule has 0 bridgehead atoms. The summed E-state index contributed by atoms with van der Waals surface area (Å²) in [5.74, 6) is -0.998. The Morgan fingerprint density at radius 1 is 1.17 bits per heavy atom. The third-order valence-electron chi connectivity index (χ3n) is 4.63. The van der Waals surface area contributed by atoms with Crippen LogP contribution in [0.1, 0.15) is 66.5 Å². The summed E-state index contributed by atoms with van der Waals surface area (Å²) in [5.41, 5.74) is -1.91. The Balaban J connectivity index is 2.02. The summed E-state index contributed by atoms with van der Waals surface area (Å²) >= 11 is 0. The molecule has 1 aliphatic carbocycles. The molecule has 0 radical (unpaired) electrons. The van der Waals surface area contributed by atoms with Gasteiger partial charge in [0.2, 0.25) is 0 Å². The molecule has 9 nitrogen and oxygen atoms in total. The van der Waals surface area contributed by atoms with Gasteiger partial charge in [-0.15, -0.1) is 0 Å². The Hall–Kier alpha value is -2.58. The van der Waals surface area contributed by atoms with Crippen molar-refractivity contribution in [1.29, 1.82) is 0 Å². The fourth-order valence-electron chi connectivity index (χ4n) is 3.27. The van der Waals surface area contributed by atoms with Gasteiger partial charge in [-0.1, -0.05) is 0 Å². The van der Waals surface area contributed by atoms with E-state index >= 15 is 0 Å². The number of imidazole rings is 1. The van der Waals surface area contributed by atoms with Crippen molar-refractivity contribution in [3.05, 3.63) is 18.2 Å². The maximum atomic E-state index is 12.5. The summed E-state index contributed by atoms with van der Waals surface area (Å²) in [5, 5.41) is 9.68. The summed E-state index contributed by atoms with van der Waals surface area (Å²) in [6.45, 7) is 10.4. The van der Waals surface area contributed by atoms with Gasteiger partial charge < -0.3 is 19.6 Å². The summed E-state index contributed by atoms with van der Waals surface area (Å²) < 4.78 is 10.7. The lowest BCUT2D eigenvalue weighted by molar-refractivity contribution is -0.140. The van der Waals surface area contributed by atoms with Gasteiger partial charge in [-0.2, -0.15) is 0 Å². The van der Waals surface area contributed by atoms with E-state index in [9.17, 15) is 19.5 Å². The SMILES string of the molecule is CC(C)(C)OC(=O)N(CCCC1CC1(C(=O)O)c1cnc[nH]1)C(=O)OC(C)(C)C. The minimum absolute atomic E-state index is 0.0823. The Labute approximate surface area is 170 Å². The number of aromatic amines is 1. The van der Waals surface area contributed by atoms with Crippen molar-refractivity contribution in [2.24, 2.45) is 5.92 Å². The molecule has 2 atom stereocenters. The van der Waals surface area contributed by atoms with E-state index in [2.05, 4.69) is 9.97 Å². The number of H-pyrrole nitrogens is 1. The normalized spacial score (nSPS) is 21.4. The van der Waals surface area contributed by atoms with Gasteiger partial charge >= 0.3 is 18.2 Å². The molecule has 0 aliphatic heterocycles. The lowest BCUT2D eigenvalue weighted by Crippen LogP contribution is -2.44. The van der Waals surface area contributed by atoms with Gasteiger partial charge in [0.05, 0.1) is 12.0 Å². The highest BCUT2D eigenvalue weighted by Crippen LogP contribution is 2.56. The van der Waals surface area contributed by atoms with Crippen LogP contribution in [0.5, 0.6) is 0 Å². The number of nitrogens with one attached hydrogen (secondary N) is 1. The van der Waals surface area contributed by atoms with Gasteiger partial charge in [-0.3, -0.25) is 4.79 Å². The smallest absolute Gasteiger partial charge is 0.419 e. The van der Waals surface area contributed by atoms with Crippen LogP contribution in [0.4, 0.5) is 9.59 Å². The average Bonchev–Trinajstić information content (AvgIpc) is 3.00. The van der Waals surface area contributed by atoms with Crippen molar-refractivity contribution < 1.29 is 29.0 Å². The zero-order valence-electron chi connectivity index (χ0n) is 17.9. The van der Waals surface area contributed by atoms with Crippen LogP contribution in [0, 0.1) is 5.92 Å². The molecule has 1 aromatic heterocycles. The first-order valence-electron chi connectivity index (χ1n) is 9.72. The molecule has 2 unspecified atom stereocenters. The molecule has 1 fully saturated rings. The molecule has 0 saturated heterocycles. The van der Waals surface area contributed by atoms with Crippen molar-refractivity contribution >= 4 is 18.2 Å². The zero-order valence-corrected chi connectivity index (χ0v) is 17.9. The van der Waals surface area contributed by atoms with Gasteiger partial charge in [0.1, 0.15) is 16.6 Å². The Bertz CT molecular complexity index is 719. The van der Waals surface area contributed by atoms with Gasteiger partial charge in [-0.05, 0) is 66.7 Å². The van der Waals surface area contributed by atoms with Gasteiger partial charge in [0.25, 0.3) is 0 Å².